The monoisotopic (exact) mass is 218 g/mol. The Morgan fingerprint density at radius 2 is 2.31 bits per heavy atom. The molecule has 0 aliphatic carbocycles. The molecule has 2 rings (SSSR count). The van der Waals surface area contributed by atoms with Gasteiger partial charge in [0.15, 0.2) is 0 Å². The highest BCUT2D eigenvalue weighted by Crippen LogP contribution is 2.25. The van der Waals surface area contributed by atoms with Crippen LogP contribution in [0.3, 0.4) is 0 Å². The van der Waals surface area contributed by atoms with Crippen LogP contribution in [-0.4, -0.2) is 12.4 Å². The minimum Gasteiger partial charge on any atom is -0.493 e. The molecular weight excluding hydrogens is 200 g/mol. The first-order valence-electron chi connectivity index (χ1n) is 6.06. The largest absolute Gasteiger partial charge is 0.493 e. The normalized spacial score (nSPS) is 14.1. The van der Waals surface area contributed by atoms with Crippen molar-refractivity contribution in [2.45, 2.75) is 39.0 Å². The van der Waals surface area contributed by atoms with Gasteiger partial charge in [0.2, 0.25) is 0 Å². The maximum Gasteiger partial charge on any atom is 0.132 e. The zero-order chi connectivity index (χ0) is 11.4. The lowest BCUT2D eigenvalue weighted by atomic mass is 10.00. The Labute approximate surface area is 96.6 Å². The number of hydrogen-bond donors (Lipinski definition) is 0. The molecule has 16 heavy (non-hydrogen) atoms. The van der Waals surface area contributed by atoms with Crippen LogP contribution >= 0.6 is 0 Å². The Morgan fingerprint density at radius 3 is 3.12 bits per heavy atom. The van der Waals surface area contributed by atoms with E-state index in [-0.39, 0.29) is 0 Å². The first-order chi connectivity index (χ1) is 7.79. The summed E-state index contributed by atoms with van der Waals surface area (Å²) in [7, 11) is 0. The van der Waals surface area contributed by atoms with Gasteiger partial charge in [0.25, 0.3) is 0 Å². The predicted molar refractivity (Wildman–Crippen MR) is 63.9 cm³/mol. The van der Waals surface area contributed by atoms with Crippen molar-refractivity contribution in [2.75, 3.05) is 6.61 Å². The van der Waals surface area contributed by atoms with E-state index in [1.807, 2.05) is 13.0 Å². The quantitative estimate of drug-likeness (QED) is 0.776. The number of ketones is 1. The third kappa shape index (κ3) is 2.63. The molecule has 0 saturated carbocycles. The molecule has 0 bridgehead atoms. The summed E-state index contributed by atoms with van der Waals surface area (Å²) < 4.78 is 5.56. The highest BCUT2D eigenvalue weighted by Gasteiger charge is 2.10. The standard InChI is InChI=1S/C14H18O2/c1-2-13(15)7-5-11-6-8-14-12(10-11)4-3-9-16-14/h6,8,10H,2-5,7,9H2,1H3. The van der Waals surface area contributed by atoms with E-state index in [1.165, 1.54) is 11.1 Å². The fourth-order valence-corrected chi connectivity index (χ4v) is 2.03. The molecule has 0 atom stereocenters. The molecule has 1 aromatic carbocycles. The zero-order valence-electron chi connectivity index (χ0n) is 9.79. The van der Waals surface area contributed by atoms with Crippen molar-refractivity contribution in [3.63, 3.8) is 0 Å². The summed E-state index contributed by atoms with van der Waals surface area (Å²) in [6.07, 6.45) is 4.37. The van der Waals surface area contributed by atoms with Crippen LogP contribution in [0.4, 0.5) is 0 Å². The van der Waals surface area contributed by atoms with Crippen LogP contribution in [0.1, 0.15) is 37.3 Å². The van der Waals surface area contributed by atoms with Crippen molar-refractivity contribution >= 4 is 5.78 Å². The van der Waals surface area contributed by atoms with Crippen molar-refractivity contribution in [2.24, 2.45) is 0 Å². The number of carbonyl (C=O) groups is 1. The van der Waals surface area contributed by atoms with Crippen molar-refractivity contribution in [1.29, 1.82) is 0 Å². The lowest BCUT2D eigenvalue weighted by Gasteiger charge is -2.17. The van der Waals surface area contributed by atoms with Gasteiger partial charge in [-0.1, -0.05) is 19.1 Å². The van der Waals surface area contributed by atoms with Gasteiger partial charge in [-0.25, -0.2) is 0 Å². The van der Waals surface area contributed by atoms with Gasteiger partial charge < -0.3 is 4.74 Å². The summed E-state index contributed by atoms with van der Waals surface area (Å²) in [6.45, 7) is 2.75. The number of rotatable bonds is 4. The highest BCUT2D eigenvalue weighted by molar-refractivity contribution is 5.78. The number of Topliss-reactive ketones (excluding diaryl/α,β-unsaturated/α-hetero) is 1. The van der Waals surface area contributed by atoms with Crippen LogP contribution < -0.4 is 4.74 Å². The second-order valence-electron chi connectivity index (χ2n) is 4.29. The van der Waals surface area contributed by atoms with Crippen molar-refractivity contribution in [3.05, 3.63) is 29.3 Å². The van der Waals surface area contributed by atoms with Gasteiger partial charge in [-0.2, -0.15) is 0 Å². The van der Waals surface area contributed by atoms with Crippen LogP contribution in [0, 0.1) is 0 Å². The summed E-state index contributed by atoms with van der Waals surface area (Å²) >= 11 is 0. The average molecular weight is 218 g/mol. The van der Waals surface area contributed by atoms with Gasteiger partial charge in [-0.15, -0.1) is 0 Å². The van der Waals surface area contributed by atoms with E-state index in [9.17, 15) is 4.79 Å². The molecule has 0 aromatic heterocycles. The number of benzene rings is 1. The minimum absolute atomic E-state index is 0.342. The summed E-state index contributed by atoms with van der Waals surface area (Å²) in [5, 5.41) is 0. The molecule has 0 amide bonds. The summed E-state index contributed by atoms with van der Waals surface area (Å²) in [5.41, 5.74) is 2.55. The Hall–Kier alpha value is -1.31. The van der Waals surface area contributed by atoms with E-state index in [2.05, 4.69) is 12.1 Å². The van der Waals surface area contributed by atoms with Gasteiger partial charge in [0.1, 0.15) is 11.5 Å². The topological polar surface area (TPSA) is 26.3 Å². The molecule has 86 valence electrons. The highest BCUT2D eigenvalue weighted by atomic mass is 16.5. The molecule has 1 aliphatic heterocycles. The lowest BCUT2D eigenvalue weighted by molar-refractivity contribution is -0.118. The van der Waals surface area contributed by atoms with Gasteiger partial charge in [-0.3, -0.25) is 4.79 Å². The molecule has 0 radical (unpaired) electrons. The molecule has 0 N–H and O–H groups in total. The predicted octanol–water partition coefficient (Wildman–Crippen LogP) is 2.92. The third-order valence-corrected chi connectivity index (χ3v) is 3.06. The number of aryl methyl sites for hydroxylation is 2. The zero-order valence-corrected chi connectivity index (χ0v) is 9.79. The van der Waals surface area contributed by atoms with E-state index in [4.69, 9.17) is 4.74 Å². The first kappa shape index (κ1) is 11.2. The van der Waals surface area contributed by atoms with Crippen LogP contribution in [0.15, 0.2) is 18.2 Å². The summed E-state index contributed by atoms with van der Waals surface area (Å²) in [4.78, 5) is 11.2. The number of fused-ring (bicyclic) bond motifs is 1. The van der Waals surface area contributed by atoms with E-state index < -0.39 is 0 Å². The molecule has 1 aliphatic rings. The van der Waals surface area contributed by atoms with Crippen molar-refractivity contribution < 1.29 is 9.53 Å². The number of hydrogen-bond acceptors (Lipinski definition) is 2. The summed E-state index contributed by atoms with van der Waals surface area (Å²) in [5.74, 6) is 1.37. The smallest absolute Gasteiger partial charge is 0.132 e. The molecule has 2 heteroatoms. The van der Waals surface area contributed by atoms with Gasteiger partial charge in [0.05, 0.1) is 6.61 Å². The van der Waals surface area contributed by atoms with E-state index >= 15 is 0 Å². The first-order valence-corrected chi connectivity index (χ1v) is 6.06. The maximum atomic E-state index is 11.2. The average Bonchev–Trinajstić information content (AvgIpc) is 2.35. The van der Waals surface area contributed by atoms with Crippen LogP contribution in [0.2, 0.25) is 0 Å². The van der Waals surface area contributed by atoms with Crippen LogP contribution in [0.5, 0.6) is 5.75 Å². The Kier molecular flexibility index (Phi) is 3.60. The Balaban J connectivity index is 2.03. The molecule has 0 unspecified atom stereocenters. The van der Waals surface area contributed by atoms with Gasteiger partial charge >= 0.3 is 0 Å². The molecule has 0 spiro atoms. The second-order valence-corrected chi connectivity index (χ2v) is 4.29. The SMILES string of the molecule is CCC(=O)CCc1ccc2c(c1)CCCO2. The fraction of sp³-hybridized carbons (Fsp3) is 0.500. The fourth-order valence-electron chi connectivity index (χ4n) is 2.03. The van der Waals surface area contributed by atoms with Gasteiger partial charge in [0, 0.05) is 12.8 Å². The second kappa shape index (κ2) is 5.15. The van der Waals surface area contributed by atoms with E-state index in [0.717, 1.165) is 31.6 Å². The summed E-state index contributed by atoms with van der Waals surface area (Å²) in [6, 6.07) is 6.31. The molecule has 1 aromatic rings. The molecule has 1 heterocycles. The van der Waals surface area contributed by atoms with E-state index in [0.29, 0.717) is 18.6 Å². The van der Waals surface area contributed by atoms with Crippen LogP contribution in [0.25, 0.3) is 0 Å². The van der Waals surface area contributed by atoms with Crippen LogP contribution in [-0.2, 0) is 17.6 Å². The minimum atomic E-state index is 0.342. The van der Waals surface area contributed by atoms with Crippen molar-refractivity contribution in [3.8, 4) is 5.75 Å². The Bertz CT molecular complexity index is 382. The Morgan fingerprint density at radius 1 is 1.44 bits per heavy atom. The van der Waals surface area contributed by atoms with E-state index in [1.54, 1.807) is 0 Å². The van der Waals surface area contributed by atoms with Gasteiger partial charge in [-0.05, 0) is 36.5 Å². The molecule has 2 nitrogen and oxygen atoms in total. The van der Waals surface area contributed by atoms with Crippen molar-refractivity contribution in [1.82, 2.24) is 0 Å². The lowest BCUT2D eigenvalue weighted by Crippen LogP contribution is -2.08. The maximum absolute atomic E-state index is 11.2. The third-order valence-electron chi connectivity index (χ3n) is 3.06. The number of ether oxygens (including phenoxy) is 1. The molecule has 0 saturated heterocycles. The molecular formula is C14H18O2. The number of carbonyl (C=O) groups excluding carboxylic acids is 1. The molecule has 0 fully saturated rings.